The van der Waals surface area contributed by atoms with E-state index >= 15 is 0 Å². The lowest BCUT2D eigenvalue weighted by molar-refractivity contribution is 0.0597. The van der Waals surface area contributed by atoms with E-state index < -0.39 is 17.8 Å². The minimum atomic E-state index is -0.754. The lowest BCUT2D eigenvalue weighted by atomic mass is 10.0. The molecule has 0 aliphatic rings. The van der Waals surface area contributed by atoms with Gasteiger partial charge in [0.1, 0.15) is 17.0 Å². The number of halogens is 4. The molecule has 4 aromatic rings. The molecule has 1 aromatic heterocycles. The molecule has 0 radical (unpaired) electrons. The summed E-state index contributed by atoms with van der Waals surface area (Å²) in [4.78, 5) is 38.8. The Morgan fingerprint density at radius 2 is 1.55 bits per heavy atom. The summed E-state index contributed by atoms with van der Waals surface area (Å²) in [6.45, 7) is 1.56. The molecule has 194 valence electrons. The summed E-state index contributed by atoms with van der Waals surface area (Å²) in [6.07, 6.45) is 0. The van der Waals surface area contributed by atoms with Gasteiger partial charge in [-0.1, -0.05) is 57.6 Å². The van der Waals surface area contributed by atoms with Crippen LogP contribution in [-0.2, 0) is 4.74 Å². The first kappa shape index (κ1) is 27.5. The van der Waals surface area contributed by atoms with Gasteiger partial charge in [0.05, 0.1) is 39.0 Å². The SMILES string of the molecule is COC(=O)c1ccc(NC(=O)c2c(-c3c(Cl)cccc3Cl)noc2C)cc1C(=O)Nc1cc(Cl)ccc1Cl. The van der Waals surface area contributed by atoms with Crippen molar-refractivity contribution in [3.63, 3.8) is 0 Å². The lowest BCUT2D eigenvalue weighted by Crippen LogP contribution is -2.19. The number of anilines is 2. The summed E-state index contributed by atoms with van der Waals surface area (Å²) in [5.41, 5.74) is 0.881. The van der Waals surface area contributed by atoms with E-state index in [4.69, 9.17) is 55.7 Å². The van der Waals surface area contributed by atoms with Gasteiger partial charge in [0.25, 0.3) is 11.8 Å². The van der Waals surface area contributed by atoms with Crippen LogP contribution in [0.4, 0.5) is 11.4 Å². The molecule has 4 rings (SSSR count). The number of hydrogen-bond donors (Lipinski definition) is 2. The molecule has 0 aliphatic carbocycles. The molecule has 2 N–H and O–H groups in total. The third-order valence-corrected chi connectivity index (χ3v) is 6.59. The Labute approximate surface area is 236 Å². The summed E-state index contributed by atoms with van der Waals surface area (Å²) in [5, 5.41) is 10.4. The Morgan fingerprint density at radius 1 is 0.842 bits per heavy atom. The minimum Gasteiger partial charge on any atom is -0.465 e. The van der Waals surface area contributed by atoms with Gasteiger partial charge in [0.15, 0.2) is 0 Å². The Hall–Kier alpha value is -3.56. The molecule has 3 aromatic carbocycles. The monoisotopic (exact) mass is 591 g/mol. The number of methoxy groups -OCH3 is 1. The number of esters is 1. The molecule has 0 unspecified atom stereocenters. The first-order valence-electron chi connectivity index (χ1n) is 10.8. The first-order valence-corrected chi connectivity index (χ1v) is 12.3. The first-order chi connectivity index (χ1) is 18.1. The number of carbonyl (C=O) groups excluding carboxylic acids is 3. The van der Waals surface area contributed by atoms with Crippen LogP contribution in [0.3, 0.4) is 0 Å². The quantitative estimate of drug-likeness (QED) is 0.224. The van der Waals surface area contributed by atoms with Crippen molar-refractivity contribution in [1.82, 2.24) is 5.16 Å². The molecule has 0 fully saturated rings. The maximum atomic E-state index is 13.3. The number of aromatic nitrogens is 1. The van der Waals surface area contributed by atoms with Crippen LogP contribution in [0.5, 0.6) is 0 Å². The van der Waals surface area contributed by atoms with Gasteiger partial charge in [-0.15, -0.1) is 0 Å². The van der Waals surface area contributed by atoms with E-state index in [9.17, 15) is 14.4 Å². The molecule has 1 heterocycles. The van der Waals surface area contributed by atoms with Crippen LogP contribution in [-0.4, -0.2) is 30.1 Å². The molecule has 12 heteroatoms. The predicted octanol–water partition coefficient (Wildman–Crippen LogP) is 7.55. The second-order valence-corrected chi connectivity index (χ2v) is 9.50. The normalized spacial score (nSPS) is 10.7. The molecular formula is C26H17Cl4N3O5. The van der Waals surface area contributed by atoms with E-state index in [0.717, 1.165) is 0 Å². The summed E-state index contributed by atoms with van der Waals surface area (Å²) in [7, 11) is 1.18. The van der Waals surface area contributed by atoms with Gasteiger partial charge in [0, 0.05) is 16.3 Å². The van der Waals surface area contributed by atoms with Gasteiger partial charge in [0.2, 0.25) is 0 Å². The van der Waals surface area contributed by atoms with Gasteiger partial charge in [-0.25, -0.2) is 4.79 Å². The van der Waals surface area contributed by atoms with E-state index in [2.05, 4.69) is 15.8 Å². The highest BCUT2D eigenvalue weighted by molar-refractivity contribution is 6.39. The van der Waals surface area contributed by atoms with Crippen molar-refractivity contribution < 1.29 is 23.6 Å². The van der Waals surface area contributed by atoms with Crippen molar-refractivity contribution in [3.05, 3.63) is 97.1 Å². The van der Waals surface area contributed by atoms with Gasteiger partial charge >= 0.3 is 5.97 Å². The highest BCUT2D eigenvalue weighted by atomic mass is 35.5. The summed E-state index contributed by atoms with van der Waals surface area (Å²) in [5.74, 6) is -1.83. The van der Waals surface area contributed by atoms with Crippen LogP contribution in [0.2, 0.25) is 20.1 Å². The fourth-order valence-electron chi connectivity index (χ4n) is 3.61. The number of aryl methyl sites for hydroxylation is 1. The van der Waals surface area contributed by atoms with Crippen LogP contribution in [0.25, 0.3) is 11.3 Å². The van der Waals surface area contributed by atoms with Gasteiger partial charge in [-0.05, 0) is 55.5 Å². The van der Waals surface area contributed by atoms with Gasteiger partial charge in [-0.3, -0.25) is 9.59 Å². The van der Waals surface area contributed by atoms with Crippen molar-refractivity contribution in [3.8, 4) is 11.3 Å². The van der Waals surface area contributed by atoms with Crippen molar-refractivity contribution in [2.45, 2.75) is 6.92 Å². The highest BCUT2D eigenvalue weighted by Gasteiger charge is 2.26. The van der Waals surface area contributed by atoms with E-state index in [-0.39, 0.29) is 54.6 Å². The van der Waals surface area contributed by atoms with E-state index in [1.807, 2.05) is 0 Å². The number of hydrogen-bond acceptors (Lipinski definition) is 6. The molecule has 0 atom stereocenters. The number of nitrogens with zero attached hydrogens (tertiary/aromatic N) is 1. The molecule has 8 nitrogen and oxygen atoms in total. The molecular weight excluding hydrogens is 576 g/mol. The number of nitrogens with one attached hydrogen (secondary N) is 2. The topological polar surface area (TPSA) is 111 Å². The van der Waals surface area contributed by atoms with Crippen molar-refractivity contribution >= 4 is 75.6 Å². The van der Waals surface area contributed by atoms with Crippen LogP contribution < -0.4 is 10.6 Å². The smallest absolute Gasteiger partial charge is 0.338 e. The van der Waals surface area contributed by atoms with Gasteiger partial charge < -0.3 is 19.9 Å². The van der Waals surface area contributed by atoms with E-state index in [1.54, 1.807) is 31.2 Å². The third kappa shape index (κ3) is 5.63. The second-order valence-electron chi connectivity index (χ2n) is 7.84. The van der Waals surface area contributed by atoms with Crippen molar-refractivity contribution in [2.24, 2.45) is 0 Å². The van der Waals surface area contributed by atoms with Crippen LogP contribution in [0.15, 0.2) is 59.1 Å². The van der Waals surface area contributed by atoms with Crippen LogP contribution in [0.1, 0.15) is 36.8 Å². The fraction of sp³-hybridized carbons (Fsp3) is 0.0769. The molecule has 2 amide bonds. The Balaban J connectivity index is 1.70. The molecule has 0 aliphatic heterocycles. The molecule has 0 saturated carbocycles. The Morgan fingerprint density at radius 3 is 2.24 bits per heavy atom. The number of carbonyl (C=O) groups is 3. The summed E-state index contributed by atoms with van der Waals surface area (Å²) in [6, 6.07) is 13.5. The predicted molar refractivity (Wildman–Crippen MR) is 147 cm³/mol. The van der Waals surface area contributed by atoms with Crippen molar-refractivity contribution in [2.75, 3.05) is 17.7 Å². The average molecular weight is 593 g/mol. The number of amides is 2. The number of rotatable bonds is 6. The maximum absolute atomic E-state index is 13.3. The van der Waals surface area contributed by atoms with Crippen LogP contribution >= 0.6 is 46.4 Å². The van der Waals surface area contributed by atoms with Crippen molar-refractivity contribution in [1.29, 1.82) is 0 Å². The Kier molecular flexibility index (Phi) is 8.28. The zero-order valence-electron chi connectivity index (χ0n) is 19.7. The molecule has 38 heavy (non-hydrogen) atoms. The minimum absolute atomic E-state index is 0.0363. The number of ether oxygens (including phenoxy) is 1. The zero-order chi connectivity index (χ0) is 27.6. The van der Waals surface area contributed by atoms with E-state index in [0.29, 0.717) is 10.6 Å². The second kappa shape index (κ2) is 11.4. The van der Waals surface area contributed by atoms with Gasteiger partial charge in [-0.2, -0.15) is 0 Å². The highest BCUT2D eigenvalue weighted by Crippen LogP contribution is 2.37. The summed E-state index contributed by atoms with van der Waals surface area (Å²) >= 11 is 24.8. The average Bonchev–Trinajstić information content (AvgIpc) is 3.26. The zero-order valence-corrected chi connectivity index (χ0v) is 22.7. The summed E-state index contributed by atoms with van der Waals surface area (Å²) < 4.78 is 10.1. The third-order valence-electron chi connectivity index (χ3n) is 5.39. The molecule has 0 saturated heterocycles. The molecule has 0 spiro atoms. The van der Waals surface area contributed by atoms with E-state index in [1.165, 1.54) is 37.4 Å². The van der Waals surface area contributed by atoms with Crippen LogP contribution in [0, 0.1) is 6.92 Å². The Bertz CT molecular complexity index is 1570. The lowest BCUT2D eigenvalue weighted by Gasteiger charge is -2.13. The largest absolute Gasteiger partial charge is 0.465 e. The maximum Gasteiger partial charge on any atom is 0.338 e. The number of benzene rings is 3. The fourth-order valence-corrected chi connectivity index (χ4v) is 4.52. The standard InChI is InChI=1S/C26H17Cl4N3O5/c1-12-21(23(33-38-12)22-18(29)4-3-5-19(22)30)25(35)31-14-7-8-15(26(36)37-2)16(11-14)24(34)32-20-10-13(27)6-9-17(20)28/h3-11H,1-2H3,(H,31,35)(H,32,34). The molecule has 0 bridgehead atoms.